The number of hydrogen-bond acceptors (Lipinski definition) is 2. The van der Waals surface area contributed by atoms with E-state index in [2.05, 4.69) is 12.2 Å². The van der Waals surface area contributed by atoms with Crippen LogP contribution in [0.1, 0.15) is 39.7 Å². The third kappa shape index (κ3) is 3.49. The smallest absolute Gasteiger partial charge is 0.329 e. The lowest BCUT2D eigenvalue weighted by Gasteiger charge is -2.30. The first-order valence-corrected chi connectivity index (χ1v) is 6.48. The van der Waals surface area contributed by atoms with Crippen LogP contribution in [0.15, 0.2) is 24.3 Å². The van der Waals surface area contributed by atoms with E-state index in [1.807, 2.05) is 38.1 Å². The van der Waals surface area contributed by atoms with Crippen molar-refractivity contribution in [3.05, 3.63) is 29.8 Å². The molecule has 1 rings (SSSR count). The number of carbonyl (C=O) groups is 1. The molecule has 0 amide bonds. The molecule has 0 saturated carbocycles. The molecule has 3 nitrogen and oxygen atoms in total. The molecule has 0 spiro atoms. The Hall–Kier alpha value is -1.51. The Morgan fingerprint density at radius 3 is 2.50 bits per heavy atom. The number of anilines is 1. The number of aliphatic carboxylic acids is 1. The standard InChI is InChI=1S/C15H23NO2/c1-5-12-8-6-7-9-13(12)16-15(4,14(17)18)10-11(2)3/h6-9,11,16H,5,10H2,1-4H3,(H,17,18). The summed E-state index contributed by atoms with van der Waals surface area (Å²) in [4.78, 5) is 11.5. The summed E-state index contributed by atoms with van der Waals surface area (Å²) in [7, 11) is 0. The Labute approximate surface area is 109 Å². The highest BCUT2D eigenvalue weighted by molar-refractivity contribution is 5.82. The molecule has 100 valence electrons. The van der Waals surface area contributed by atoms with Gasteiger partial charge < -0.3 is 10.4 Å². The molecular weight excluding hydrogens is 226 g/mol. The van der Waals surface area contributed by atoms with E-state index in [9.17, 15) is 9.90 Å². The maximum atomic E-state index is 11.5. The highest BCUT2D eigenvalue weighted by atomic mass is 16.4. The van der Waals surface area contributed by atoms with Gasteiger partial charge in [0.25, 0.3) is 0 Å². The van der Waals surface area contributed by atoms with Crippen LogP contribution in [0.4, 0.5) is 5.69 Å². The molecule has 0 aliphatic heterocycles. The Kier molecular flexibility index (Phi) is 4.76. The molecule has 1 aromatic rings. The molecule has 0 radical (unpaired) electrons. The molecule has 18 heavy (non-hydrogen) atoms. The van der Waals surface area contributed by atoms with Crippen molar-refractivity contribution in [1.82, 2.24) is 0 Å². The van der Waals surface area contributed by atoms with Gasteiger partial charge in [-0.25, -0.2) is 4.79 Å². The van der Waals surface area contributed by atoms with Gasteiger partial charge >= 0.3 is 5.97 Å². The van der Waals surface area contributed by atoms with Crippen molar-refractivity contribution in [3.63, 3.8) is 0 Å². The van der Waals surface area contributed by atoms with Crippen molar-refractivity contribution in [3.8, 4) is 0 Å². The monoisotopic (exact) mass is 249 g/mol. The zero-order valence-corrected chi connectivity index (χ0v) is 11.7. The fraction of sp³-hybridized carbons (Fsp3) is 0.533. The predicted octanol–water partition coefficient (Wildman–Crippen LogP) is 3.55. The summed E-state index contributed by atoms with van der Waals surface area (Å²) < 4.78 is 0. The molecule has 0 aromatic heterocycles. The van der Waals surface area contributed by atoms with Crippen molar-refractivity contribution in [2.24, 2.45) is 5.92 Å². The minimum Gasteiger partial charge on any atom is -0.480 e. The molecule has 1 unspecified atom stereocenters. The lowest BCUT2D eigenvalue weighted by molar-refractivity contribution is -0.142. The molecule has 1 atom stereocenters. The molecular formula is C15H23NO2. The van der Waals surface area contributed by atoms with Crippen LogP contribution in [0.2, 0.25) is 0 Å². The predicted molar refractivity (Wildman–Crippen MR) is 74.9 cm³/mol. The van der Waals surface area contributed by atoms with Crippen LogP contribution in [0.3, 0.4) is 0 Å². The average Bonchev–Trinajstić information content (AvgIpc) is 2.28. The number of hydrogen-bond donors (Lipinski definition) is 2. The summed E-state index contributed by atoms with van der Waals surface area (Å²) in [6, 6.07) is 7.88. The van der Waals surface area contributed by atoms with Crippen LogP contribution < -0.4 is 5.32 Å². The van der Waals surface area contributed by atoms with E-state index in [4.69, 9.17) is 0 Å². The fourth-order valence-corrected chi connectivity index (χ4v) is 2.26. The van der Waals surface area contributed by atoms with Crippen molar-refractivity contribution >= 4 is 11.7 Å². The summed E-state index contributed by atoms with van der Waals surface area (Å²) in [5, 5.41) is 12.6. The largest absolute Gasteiger partial charge is 0.480 e. The van der Waals surface area contributed by atoms with Crippen LogP contribution in [0.25, 0.3) is 0 Å². The molecule has 0 aliphatic carbocycles. The van der Waals surface area contributed by atoms with Crippen molar-refractivity contribution in [1.29, 1.82) is 0 Å². The van der Waals surface area contributed by atoms with E-state index in [1.165, 1.54) is 0 Å². The maximum Gasteiger partial charge on any atom is 0.329 e. The summed E-state index contributed by atoms with van der Waals surface area (Å²) in [6.45, 7) is 7.89. The second-order valence-electron chi connectivity index (χ2n) is 5.37. The van der Waals surface area contributed by atoms with E-state index < -0.39 is 11.5 Å². The fourth-order valence-electron chi connectivity index (χ4n) is 2.26. The number of para-hydroxylation sites is 1. The Bertz CT molecular complexity index is 415. The number of rotatable bonds is 6. The third-order valence-electron chi connectivity index (χ3n) is 3.10. The van der Waals surface area contributed by atoms with Gasteiger partial charge in [0, 0.05) is 5.69 Å². The molecule has 0 aliphatic rings. The van der Waals surface area contributed by atoms with Gasteiger partial charge in [-0.2, -0.15) is 0 Å². The van der Waals surface area contributed by atoms with Gasteiger partial charge in [0.05, 0.1) is 0 Å². The Morgan fingerprint density at radius 1 is 1.39 bits per heavy atom. The normalized spacial score (nSPS) is 14.3. The minimum absolute atomic E-state index is 0.326. The molecule has 0 heterocycles. The highest BCUT2D eigenvalue weighted by Crippen LogP contribution is 2.25. The first kappa shape index (κ1) is 14.6. The zero-order valence-electron chi connectivity index (χ0n) is 11.7. The van der Waals surface area contributed by atoms with E-state index in [1.54, 1.807) is 6.92 Å². The summed E-state index contributed by atoms with van der Waals surface area (Å²) in [5.41, 5.74) is 1.15. The Balaban J connectivity index is 3.00. The van der Waals surface area contributed by atoms with E-state index in [-0.39, 0.29) is 0 Å². The molecule has 0 saturated heterocycles. The number of benzene rings is 1. The lowest BCUT2D eigenvalue weighted by atomic mass is 9.90. The summed E-state index contributed by atoms with van der Waals surface area (Å²) in [5.74, 6) is -0.477. The van der Waals surface area contributed by atoms with Crippen LogP contribution in [-0.2, 0) is 11.2 Å². The van der Waals surface area contributed by atoms with Gasteiger partial charge in [-0.15, -0.1) is 0 Å². The van der Waals surface area contributed by atoms with E-state index in [0.717, 1.165) is 17.7 Å². The zero-order chi connectivity index (χ0) is 13.8. The number of carboxylic acid groups (broad SMARTS) is 1. The Morgan fingerprint density at radius 2 is 2.00 bits per heavy atom. The lowest BCUT2D eigenvalue weighted by Crippen LogP contribution is -2.44. The van der Waals surface area contributed by atoms with Crippen molar-refractivity contribution < 1.29 is 9.90 Å². The number of carboxylic acids is 1. The van der Waals surface area contributed by atoms with Crippen LogP contribution in [0, 0.1) is 5.92 Å². The topological polar surface area (TPSA) is 49.3 Å². The quantitative estimate of drug-likeness (QED) is 0.810. The van der Waals surface area contributed by atoms with Crippen LogP contribution in [-0.4, -0.2) is 16.6 Å². The third-order valence-corrected chi connectivity index (χ3v) is 3.10. The molecule has 0 bridgehead atoms. The number of aryl methyl sites for hydroxylation is 1. The van der Waals surface area contributed by atoms with Gasteiger partial charge in [0.15, 0.2) is 0 Å². The molecule has 0 fully saturated rings. The maximum absolute atomic E-state index is 11.5. The first-order valence-electron chi connectivity index (χ1n) is 6.48. The van der Waals surface area contributed by atoms with Crippen LogP contribution in [0.5, 0.6) is 0 Å². The van der Waals surface area contributed by atoms with Gasteiger partial charge in [0.1, 0.15) is 5.54 Å². The van der Waals surface area contributed by atoms with E-state index in [0.29, 0.717) is 12.3 Å². The molecule has 3 heteroatoms. The minimum atomic E-state index is -0.917. The van der Waals surface area contributed by atoms with Crippen molar-refractivity contribution in [2.75, 3.05) is 5.32 Å². The average molecular weight is 249 g/mol. The molecule has 1 aromatic carbocycles. The highest BCUT2D eigenvalue weighted by Gasteiger charge is 2.34. The summed E-state index contributed by atoms with van der Waals surface area (Å²) in [6.07, 6.45) is 1.49. The van der Waals surface area contributed by atoms with Gasteiger partial charge in [-0.1, -0.05) is 39.0 Å². The van der Waals surface area contributed by atoms with Gasteiger partial charge in [-0.05, 0) is 37.3 Å². The van der Waals surface area contributed by atoms with E-state index >= 15 is 0 Å². The first-order chi connectivity index (χ1) is 8.39. The number of nitrogens with one attached hydrogen (secondary N) is 1. The molecule has 2 N–H and O–H groups in total. The second kappa shape index (κ2) is 5.89. The van der Waals surface area contributed by atoms with Gasteiger partial charge in [0.2, 0.25) is 0 Å². The van der Waals surface area contributed by atoms with Gasteiger partial charge in [-0.3, -0.25) is 0 Å². The second-order valence-corrected chi connectivity index (χ2v) is 5.37. The van der Waals surface area contributed by atoms with Crippen molar-refractivity contribution in [2.45, 2.75) is 46.1 Å². The SMILES string of the molecule is CCc1ccccc1NC(C)(CC(C)C)C(=O)O. The summed E-state index contributed by atoms with van der Waals surface area (Å²) >= 11 is 0. The van der Waals surface area contributed by atoms with Crippen LogP contribution >= 0.6 is 0 Å².